The van der Waals surface area contributed by atoms with Gasteiger partial charge in [0.2, 0.25) is 0 Å². The van der Waals surface area contributed by atoms with E-state index in [4.69, 9.17) is 0 Å². The maximum Gasteiger partial charge on any atom is 0.326 e. The summed E-state index contributed by atoms with van der Waals surface area (Å²) in [6.45, 7) is 0. The van der Waals surface area contributed by atoms with Gasteiger partial charge < -0.3 is 10.4 Å². The largest absolute Gasteiger partial charge is 0.480 e. The van der Waals surface area contributed by atoms with Crippen molar-refractivity contribution in [2.75, 3.05) is 12.0 Å². The van der Waals surface area contributed by atoms with Gasteiger partial charge in [-0.25, -0.2) is 4.79 Å². The molecular weight excluding hydrogens is 444 g/mol. The number of nitrogens with one attached hydrogen (secondary N) is 1. The molecular formula is C25H23ClN2O3S. The Morgan fingerprint density at radius 1 is 1.06 bits per heavy atom. The minimum atomic E-state index is -1.04. The Balaban J connectivity index is 0.00000363. The van der Waals surface area contributed by atoms with Crippen LogP contribution in [-0.2, 0) is 4.79 Å². The predicted octanol–water partition coefficient (Wildman–Crippen LogP) is 4.51. The lowest BCUT2D eigenvalue weighted by molar-refractivity contribution is -0.139. The number of carbonyl (C=O) groups is 2. The standard InChI is InChI=1S/C25H22N2O3S.ClH/c1-31-15-13-23(25(29)30)27-24(28)21-12-11-18(9-10-19-6-5-14-26-17-19)16-22(21)20-7-3-2-4-8-20;/h2-8,11-12,14,16-17,23H,13,15H2,1H3,(H,27,28)(H,29,30);1H. The van der Waals surface area contributed by atoms with Crippen molar-refractivity contribution in [1.29, 1.82) is 0 Å². The summed E-state index contributed by atoms with van der Waals surface area (Å²) in [7, 11) is 0. The van der Waals surface area contributed by atoms with Gasteiger partial charge >= 0.3 is 5.97 Å². The number of thioether (sulfide) groups is 1. The van der Waals surface area contributed by atoms with Crippen LogP contribution in [0, 0.1) is 11.8 Å². The summed E-state index contributed by atoms with van der Waals surface area (Å²) < 4.78 is 0. The molecule has 0 bridgehead atoms. The van der Waals surface area contributed by atoms with Gasteiger partial charge in [-0.05, 0) is 59.9 Å². The maximum absolute atomic E-state index is 13.0. The molecule has 0 spiro atoms. The smallest absolute Gasteiger partial charge is 0.326 e. The topological polar surface area (TPSA) is 79.3 Å². The van der Waals surface area contributed by atoms with E-state index in [2.05, 4.69) is 22.1 Å². The number of aliphatic carboxylic acids is 1. The highest BCUT2D eigenvalue weighted by atomic mass is 35.5. The number of nitrogens with zero attached hydrogens (tertiary/aromatic N) is 1. The first-order valence-corrected chi connectivity index (χ1v) is 11.1. The number of pyridine rings is 1. The van der Waals surface area contributed by atoms with E-state index in [1.807, 2.05) is 54.8 Å². The first-order chi connectivity index (χ1) is 15.1. The number of hydrogen-bond donors (Lipinski definition) is 2. The van der Waals surface area contributed by atoms with Crippen molar-refractivity contribution in [2.45, 2.75) is 12.5 Å². The number of hydrogen-bond acceptors (Lipinski definition) is 4. The van der Waals surface area contributed by atoms with Gasteiger partial charge in [0.1, 0.15) is 6.04 Å². The Hall–Kier alpha value is -3.27. The second kappa shape index (κ2) is 12.6. The van der Waals surface area contributed by atoms with Crippen LogP contribution in [0.1, 0.15) is 27.9 Å². The third kappa shape index (κ3) is 6.88. The van der Waals surface area contributed by atoms with Gasteiger partial charge in [-0.15, -0.1) is 12.4 Å². The van der Waals surface area contributed by atoms with Crippen molar-refractivity contribution in [3.8, 4) is 23.0 Å². The summed E-state index contributed by atoms with van der Waals surface area (Å²) >= 11 is 1.54. The maximum atomic E-state index is 13.0. The lowest BCUT2D eigenvalue weighted by Gasteiger charge is -2.16. The first-order valence-electron chi connectivity index (χ1n) is 9.72. The predicted molar refractivity (Wildman–Crippen MR) is 131 cm³/mol. The molecule has 7 heteroatoms. The number of aromatic nitrogens is 1. The summed E-state index contributed by atoms with van der Waals surface area (Å²) in [5, 5.41) is 12.1. The average Bonchev–Trinajstić information content (AvgIpc) is 2.81. The van der Waals surface area contributed by atoms with Crippen molar-refractivity contribution in [2.24, 2.45) is 0 Å². The van der Waals surface area contributed by atoms with Crippen LogP contribution < -0.4 is 5.32 Å². The highest BCUT2D eigenvalue weighted by molar-refractivity contribution is 7.98. The third-order valence-corrected chi connectivity index (χ3v) is 5.22. The molecule has 1 aromatic heterocycles. The molecule has 0 saturated carbocycles. The van der Waals surface area contributed by atoms with Crippen molar-refractivity contribution in [3.63, 3.8) is 0 Å². The second-order valence-electron chi connectivity index (χ2n) is 6.76. The van der Waals surface area contributed by atoms with E-state index in [9.17, 15) is 14.7 Å². The number of halogens is 1. The van der Waals surface area contributed by atoms with Crippen molar-refractivity contribution in [1.82, 2.24) is 10.3 Å². The van der Waals surface area contributed by atoms with Crippen molar-refractivity contribution >= 4 is 36.0 Å². The highest BCUT2D eigenvalue weighted by Gasteiger charge is 2.22. The SMILES string of the molecule is CSCCC(NC(=O)c1ccc(C#Cc2cccnc2)cc1-c1ccccc1)C(=O)O.Cl. The molecule has 0 saturated heterocycles. The fourth-order valence-electron chi connectivity index (χ4n) is 2.99. The third-order valence-electron chi connectivity index (χ3n) is 4.58. The van der Waals surface area contributed by atoms with E-state index >= 15 is 0 Å². The van der Waals surface area contributed by atoms with Gasteiger partial charge in [-0.2, -0.15) is 11.8 Å². The van der Waals surface area contributed by atoms with Crippen LogP contribution in [0.15, 0.2) is 73.1 Å². The molecule has 2 N–H and O–H groups in total. The zero-order valence-corrected chi connectivity index (χ0v) is 19.1. The minimum absolute atomic E-state index is 0. The summed E-state index contributed by atoms with van der Waals surface area (Å²) in [5.41, 5.74) is 3.51. The Morgan fingerprint density at radius 2 is 1.81 bits per heavy atom. The minimum Gasteiger partial charge on any atom is -0.480 e. The van der Waals surface area contributed by atoms with Crippen LogP contribution in [-0.4, -0.2) is 40.0 Å². The number of carbonyl (C=O) groups excluding carboxylic acids is 1. The van der Waals surface area contributed by atoms with Crippen LogP contribution in [0.2, 0.25) is 0 Å². The zero-order chi connectivity index (χ0) is 22.1. The molecule has 0 aliphatic heterocycles. The summed E-state index contributed by atoms with van der Waals surface area (Å²) in [4.78, 5) is 28.6. The molecule has 2 aromatic carbocycles. The Morgan fingerprint density at radius 3 is 2.47 bits per heavy atom. The summed E-state index contributed by atoms with van der Waals surface area (Å²) in [5.74, 6) is 5.36. The molecule has 0 aliphatic rings. The molecule has 3 aromatic rings. The molecule has 1 heterocycles. The van der Waals surface area contributed by atoms with Gasteiger partial charge in [0.25, 0.3) is 5.91 Å². The monoisotopic (exact) mass is 466 g/mol. The number of carboxylic acid groups (broad SMARTS) is 1. The normalized spacial score (nSPS) is 10.8. The van der Waals surface area contributed by atoms with E-state index < -0.39 is 17.9 Å². The molecule has 5 nitrogen and oxygen atoms in total. The van der Waals surface area contributed by atoms with Crippen LogP contribution in [0.25, 0.3) is 11.1 Å². The molecule has 0 fully saturated rings. The van der Waals surface area contributed by atoms with Gasteiger partial charge in [-0.3, -0.25) is 9.78 Å². The summed E-state index contributed by atoms with van der Waals surface area (Å²) in [6, 6.07) is 17.6. The number of amides is 1. The van der Waals surface area contributed by atoms with E-state index in [1.54, 1.807) is 36.3 Å². The van der Waals surface area contributed by atoms with Crippen LogP contribution in [0.3, 0.4) is 0 Å². The van der Waals surface area contributed by atoms with E-state index in [0.29, 0.717) is 23.3 Å². The molecule has 1 unspecified atom stereocenters. The quantitative estimate of drug-likeness (QED) is 0.501. The Kier molecular flexibility index (Phi) is 9.80. The average molecular weight is 467 g/mol. The van der Waals surface area contributed by atoms with Crippen LogP contribution in [0.4, 0.5) is 0 Å². The van der Waals surface area contributed by atoms with Gasteiger partial charge in [0.15, 0.2) is 0 Å². The lowest BCUT2D eigenvalue weighted by Crippen LogP contribution is -2.41. The van der Waals surface area contributed by atoms with Gasteiger partial charge in [0, 0.05) is 29.1 Å². The molecule has 1 atom stereocenters. The zero-order valence-electron chi connectivity index (χ0n) is 17.4. The number of carboxylic acids is 1. The first kappa shape index (κ1) is 25.0. The molecule has 3 rings (SSSR count). The van der Waals surface area contributed by atoms with Gasteiger partial charge in [0.05, 0.1) is 0 Å². The molecule has 0 aliphatic carbocycles. The second-order valence-corrected chi connectivity index (χ2v) is 7.75. The molecule has 1 amide bonds. The fourth-order valence-corrected chi connectivity index (χ4v) is 3.46. The number of rotatable bonds is 7. The molecule has 0 radical (unpaired) electrons. The fraction of sp³-hybridized carbons (Fsp3) is 0.160. The van der Waals surface area contributed by atoms with E-state index in [0.717, 1.165) is 16.7 Å². The summed E-state index contributed by atoms with van der Waals surface area (Å²) in [6.07, 6.45) is 5.64. The number of benzene rings is 2. The van der Waals surface area contributed by atoms with E-state index in [1.165, 1.54) is 0 Å². The highest BCUT2D eigenvalue weighted by Crippen LogP contribution is 2.25. The van der Waals surface area contributed by atoms with Crippen molar-refractivity contribution < 1.29 is 14.7 Å². The van der Waals surface area contributed by atoms with Crippen LogP contribution in [0.5, 0.6) is 0 Å². The lowest BCUT2D eigenvalue weighted by atomic mass is 9.96. The van der Waals surface area contributed by atoms with E-state index in [-0.39, 0.29) is 12.4 Å². The van der Waals surface area contributed by atoms with Gasteiger partial charge in [-0.1, -0.05) is 42.2 Å². The molecule has 32 heavy (non-hydrogen) atoms. The molecule has 164 valence electrons. The Bertz CT molecular complexity index is 1110. The van der Waals surface area contributed by atoms with Crippen molar-refractivity contribution in [3.05, 3.63) is 89.7 Å². The van der Waals surface area contributed by atoms with Crippen LogP contribution >= 0.6 is 24.2 Å². The Labute approximate surface area is 198 Å².